The highest BCUT2D eigenvalue weighted by Crippen LogP contribution is 2.39. The Kier molecular flexibility index (Phi) is 4.90. The number of carboxylic acid groups (broad SMARTS) is 2. The van der Waals surface area contributed by atoms with Crippen molar-refractivity contribution in [2.75, 3.05) is 6.54 Å². The van der Waals surface area contributed by atoms with Gasteiger partial charge in [0.05, 0.1) is 34.7 Å². The number of carbonyl (C=O) groups excluding carboxylic acids is 2. The summed E-state index contributed by atoms with van der Waals surface area (Å²) in [5.41, 5.74) is 1.01. The lowest BCUT2D eigenvalue weighted by Crippen LogP contribution is -2.39. The molecule has 0 saturated heterocycles. The van der Waals surface area contributed by atoms with Crippen LogP contribution in [-0.4, -0.2) is 45.4 Å². The number of rotatable bonds is 5. The van der Waals surface area contributed by atoms with Gasteiger partial charge >= 0.3 is 11.9 Å². The first-order valence-corrected chi connectivity index (χ1v) is 9.48. The Hall–Kier alpha value is -4.20. The van der Waals surface area contributed by atoms with E-state index in [1.165, 1.54) is 19.1 Å². The molecular formula is C23H18N2O6. The third-order valence-corrected chi connectivity index (χ3v) is 5.43. The Balaban J connectivity index is 1.82. The van der Waals surface area contributed by atoms with Crippen molar-refractivity contribution in [3.63, 3.8) is 0 Å². The first-order valence-electron chi connectivity index (χ1n) is 9.48. The summed E-state index contributed by atoms with van der Waals surface area (Å²) < 4.78 is 0. The van der Waals surface area contributed by atoms with Crippen LogP contribution < -0.4 is 5.32 Å². The van der Waals surface area contributed by atoms with E-state index in [1.807, 2.05) is 0 Å². The van der Waals surface area contributed by atoms with Gasteiger partial charge in [0, 0.05) is 11.4 Å². The summed E-state index contributed by atoms with van der Waals surface area (Å²) in [5.74, 6) is -4.71. The molecule has 0 radical (unpaired) electrons. The van der Waals surface area contributed by atoms with E-state index in [1.54, 1.807) is 42.5 Å². The molecule has 31 heavy (non-hydrogen) atoms. The smallest absolute Gasteiger partial charge is 0.334 e. The molecule has 2 aliphatic heterocycles. The molecule has 0 bridgehead atoms. The minimum absolute atomic E-state index is 0.0957. The van der Waals surface area contributed by atoms with Gasteiger partial charge in [-0.2, -0.15) is 0 Å². The normalized spacial score (nSPS) is 18.2. The van der Waals surface area contributed by atoms with Crippen molar-refractivity contribution in [2.24, 2.45) is 0 Å². The zero-order valence-electron chi connectivity index (χ0n) is 16.5. The second-order valence-electron chi connectivity index (χ2n) is 7.25. The average molecular weight is 418 g/mol. The van der Waals surface area contributed by atoms with Crippen LogP contribution in [0.4, 0.5) is 0 Å². The van der Waals surface area contributed by atoms with Gasteiger partial charge in [0.2, 0.25) is 0 Å². The summed E-state index contributed by atoms with van der Waals surface area (Å²) in [5, 5.41) is 22.6. The van der Waals surface area contributed by atoms with E-state index >= 15 is 0 Å². The molecule has 4 rings (SSSR count). The predicted molar refractivity (Wildman–Crippen MR) is 109 cm³/mol. The van der Waals surface area contributed by atoms with Crippen LogP contribution in [0.5, 0.6) is 0 Å². The number of nitrogens with zero attached hydrogens (tertiary/aromatic N) is 1. The number of dihydropyridines is 1. The highest BCUT2D eigenvalue weighted by Gasteiger charge is 2.41. The van der Waals surface area contributed by atoms with Crippen molar-refractivity contribution in [1.29, 1.82) is 0 Å². The maximum Gasteiger partial charge on any atom is 0.334 e. The molecule has 8 nitrogen and oxygen atoms in total. The minimum atomic E-state index is -1.33. The van der Waals surface area contributed by atoms with Crippen molar-refractivity contribution >= 4 is 23.8 Å². The van der Waals surface area contributed by atoms with E-state index in [0.717, 1.165) is 4.90 Å². The number of imide groups is 1. The van der Waals surface area contributed by atoms with Crippen molar-refractivity contribution in [3.8, 4) is 0 Å². The third-order valence-electron chi connectivity index (χ3n) is 5.43. The molecule has 0 saturated carbocycles. The van der Waals surface area contributed by atoms with Gasteiger partial charge in [0.15, 0.2) is 0 Å². The maximum atomic E-state index is 12.8. The van der Waals surface area contributed by atoms with Crippen molar-refractivity contribution < 1.29 is 29.4 Å². The largest absolute Gasteiger partial charge is 0.478 e. The number of allylic oxidation sites excluding steroid dienone is 1. The lowest BCUT2D eigenvalue weighted by Gasteiger charge is -2.31. The summed E-state index contributed by atoms with van der Waals surface area (Å²) in [4.78, 5) is 50.8. The summed E-state index contributed by atoms with van der Waals surface area (Å²) in [6.45, 7) is 1.21. The van der Waals surface area contributed by atoms with Gasteiger partial charge in [-0.25, -0.2) is 9.59 Å². The number of nitrogens with one attached hydrogen (secondary N) is 1. The maximum absolute atomic E-state index is 12.8. The van der Waals surface area contributed by atoms with Crippen molar-refractivity contribution in [3.05, 3.63) is 93.8 Å². The molecule has 0 aromatic heterocycles. The molecule has 2 aromatic rings. The van der Waals surface area contributed by atoms with Gasteiger partial charge in [-0.15, -0.1) is 0 Å². The molecule has 0 fully saturated rings. The predicted octanol–water partition coefficient (Wildman–Crippen LogP) is 2.37. The molecule has 3 N–H and O–H groups in total. The number of hydrogen-bond acceptors (Lipinski definition) is 5. The van der Waals surface area contributed by atoms with E-state index in [2.05, 4.69) is 5.32 Å². The van der Waals surface area contributed by atoms with Crippen LogP contribution in [-0.2, 0) is 9.59 Å². The fourth-order valence-corrected chi connectivity index (χ4v) is 4.08. The molecule has 8 heteroatoms. The minimum Gasteiger partial charge on any atom is -0.478 e. The summed E-state index contributed by atoms with van der Waals surface area (Å²) in [6, 6.07) is 14.8. The van der Waals surface area contributed by atoms with Gasteiger partial charge in [0.25, 0.3) is 11.8 Å². The molecule has 156 valence electrons. The Morgan fingerprint density at radius 1 is 0.871 bits per heavy atom. The van der Waals surface area contributed by atoms with Crippen LogP contribution in [0.25, 0.3) is 0 Å². The SMILES string of the molecule is CC1=C(C(=O)O)C(c2ccccc2)C(C(=O)O)=C(CN2C(=O)c3ccccc3C2=O)N1. The van der Waals surface area contributed by atoms with E-state index in [0.29, 0.717) is 5.56 Å². The van der Waals surface area contributed by atoms with Crippen LogP contribution in [0, 0.1) is 0 Å². The molecule has 2 amide bonds. The Morgan fingerprint density at radius 2 is 1.39 bits per heavy atom. The number of aliphatic carboxylic acids is 2. The number of carbonyl (C=O) groups is 4. The van der Waals surface area contributed by atoms with Gasteiger partial charge in [-0.3, -0.25) is 14.5 Å². The molecule has 0 aliphatic carbocycles. The summed E-state index contributed by atoms with van der Waals surface area (Å²) in [7, 11) is 0. The standard InChI is InChI=1S/C23H18N2O6/c1-12-17(22(28)29)18(13-7-3-2-4-8-13)19(23(30)31)16(24-12)11-25-20(26)14-9-5-6-10-15(14)21(25)27/h2-10,18,24H,11H2,1H3,(H,28,29)(H,30,31). The molecular weight excluding hydrogens is 400 g/mol. The molecule has 2 aromatic carbocycles. The topological polar surface area (TPSA) is 124 Å². The Bertz CT molecular complexity index is 1160. The fraction of sp³-hybridized carbons (Fsp3) is 0.130. The van der Waals surface area contributed by atoms with E-state index in [4.69, 9.17) is 0 Å². The number of benzene rings is 2. The molecule has 2 aliphatic rings. The first kappa shape index (κ1) is 20.1. The van der Waals surface area contributed by atoms with E-state index in [-0.39, 0.29) is 40.2 Å². The Morgan fingerprint density at radius 3 is 1.90 bits per heavy atom. The van der Waals surface area contributed by atoms with Gasteiger partial charge in [-0.05, 0) is 24.6 Å². The van der Waals surface area contributed by atoms with Gasteiger partial charge in [-0.1, -0.05) is 42.5 Å². The number of amides is 2. The second-order valence-corrected chi connectivity index (χ2v) is 7.25. The lowest BCUT2D eigenvalue weighted by atomic mass is 9.80. The molecule has 0 spiro atoms. The summed E-state index contributed by atoms with van der Waals surface area (Å²) >= 11 is 0. The first-order chi connectivity index (χ1) is 14.8. The molecule has 2 heterocycles. The fourth-order valence-electron chi connectivity index (χ4n) is 4.08. The van der Waals surface area contributed by atoms with Crippen LogP contribution >= 0.6 is 0 Å². The quantitative estimate of drug-likeness (QED) is 0.637. The van der Waals surface area contributed by atoms with Gasteiger partial charge in [0.1, 0.15) is 0 Å². The van der Waals surface area contributed by atoms with Crippen LogP contribution in [0.1, 0.15) is 39.1 Å². The third kappa shape index (κ3) is 3.28. The zero-order chi connectivity index (χ0) is 22.3. The van der Waals surface area contributed by atoms with E-state index < -0.39 is 29.7 Å². The van der Waals surface area contributed by atoms with Crippen LogP contribution in [0.15, 0.2) is 77.1 Å². The Labute approximate surface area is 177 Å². The highest BCUT2D eigenvalue weighted by molar-refractivity contribution is 6.21. The number of carboxylic acids is 2. The zero-order valence-corrected chi connectivity index (χ0v) is 16.5. The number of hydrogen-bond donors (Lipinski definition) is 3. The number of fused-ring (bicyclic) bond motifs is 1. The van der Waals surface area contributed by atoms with E-state index in [9.17, 15) is 29.4 Å². The van der Waals surface area contributed by atoms with Crippen molar-refractivity contribution in [1.82, 2.24) is 10.2 Å². The van der Waals surface area contributed by atoms with Gasteiger partial charge < -0.3 is 15.5 Å². The van der Waals surface area contributed by atoms with Crippen molar-refractivity contribution in [2.45, 2.75) is 12.8 Å². The monoisotopic (exact) mass is 418 g/mol. The highest BCUT2D eigenvalue weighted by atomic mass is 16.4. The molecule has 1 unspecified atom stereocenters. The molecule has 1 atom stereocenters. The lowest BCUT2D eigenvalue weighted by molar-refractivity contribution is -0.133. The summed E-state index contributed by atoms with van der Waals surface area (Å²) in [6.07, 6.45) is 0. The van der Waals surface area contributed by atoms with Crippen LogP contribution in [0.3, 0.4) is 0 Å². The van der Waals surface area contributed by atoms with Crippen LogP contribution in [0.2, 0.25) is 0 Å². The second kappa shape index (κ2) is 7.56. The average Bonchev–Trinajstić information content (AvgIpc) is 2.98.